The summed E-state index contributed by atoms with van der Waals surface area (Å²) in [6.45, 7) is 6.63. The van der Waals surface area contributed by atoms with Gasteiger partial charge in [-0.25, -0.2) is 0 Å². The van der Waals surface area contributed by atoms with Gasteiger partial charge in [0.05, 0.1) is 14.7 Å². The second-order valence-electron chi connectivity index (χ2n) is 4.45. The maximum Gasteiger partial charge on any atom is 0.145 e. The van der Waals surface area contributed by atoms with Crippen molar-refractivity contribution in [1.82, 2.24) is 0 Å². The maximum absolute atomic E-state index is 5.43. The zero-order valence-electron chi connectivity index (χ0n) is 9.57. The van der Waals surface area contributed by atoms with Crippen molar-refractivity contribution in [2.24, 2.45) is 10.6 Å². The number of thiocarbonyl (C=S) groups is 1. The fraction of sp³-hybridized carbons (Fsp3) is 0.500. The molecule has 6 heteroatoms. The van der Waals surface area contributed by atoms with E-state index in [4.69, 9.17) is 16.5 Å². The highest BCUT2D eigenvalue weighted by Crippen LogP contribution is 2.53. The van der Waals surface area contributed by atoms with Crippen LogP contribution in [-0.2, 0) is 4.28 Å². The van der Waals surface area contributed by atoms with Crippen LogP contribution in [0.1, 0.15) is 20.8 Å². The smallest absolute Gasteiger partial charge is 0.145 e. The topological polar surface area (TPSA) is 21.6 Å². The molecule has 0 spiro atoms. The lowest BCUT2D eigenvalue weighted by molar-refractivity contribution is 0.416. The first-order chi connectivity index (χ1) is 7.43. The molecule has 2 rings (SSSR count). The third kappa shape index (κ3) is 2.25. The molecule has 2 heterocycles. The molecule has 1 atom stereocenters. The molecule has 0 saturated heterocycles. The summed E-state index contributed by atoms with van der Waals surface area (Å²) in [5.41, 5.74) is 1.03. The van der Waals surface area contributed by atoms with E-state index in [1.165, 1.54) is 4.91 Å². The fourth-order valence-electron chi connectivity index (χ4n) is 1.21. The number of thioether (sulfide) groups is 1. The van der Waals surface area contributed by atoms with Crippen LogP contribution in [0.25, 0.3) is 0 Å². The highest BCUT2D eigenvalue weighted by atomic mass is 33.1. The highest BCUT2D eigenvalue weighted by Gasteiger charge is 2.33. The SMILES string of the molecule is CSC(=S)C1=NOS2=C1C=C(C(C)(C)C)S2. The Hall–Kier alpha value is 0.220. The molecule has 0 amide bonds. The van der Waals surface area contributed by atoms with E-state index < -0.39 is 0 Å². The van der Waals surface area contributed by atoms with E-state index in [1.807, 2.05) is 6.26 Å². The Morgan fingerprint density at radius 2 is 2.25 bits per heavy atom. The summed E-state index contributed by atoms with van der Waals surface area (Å²) in [7, 11) is 1.51. The van der Waals surface area contributed by atoms with Gasteiger partial charge in [-0.2, -0.15) is 0 Å². The molecule has 0 aromatic heterocycles. The van der Waals surface area contributed by atoms with Gasteiger partial charge >= 0.3 is 0 Å². The Bertz CT molecular complexity index is 442. The summed E-state index contributed by atoms with van der Waals surface area (Å²) in [4.78, 5) is 2.51. The third-order valence-corrected chi connectivity index (χ3v) is 7.07. The predicted molar refractivity (Wildman–Crippen MR) is 82.4 cm³/mol. The second kappa shape index (κ2) is 4.48. The van der Waals surface area contributed by atoms with Crippen LogP contribution < -0.4 is 0 Å². The second-order valence-corrected chi connectivity index (χ2v) is 9.00. The average Bonchev–Trinajstić information content (AvgIpc) is 2.73. The van der Waals surface area contributed by atoms with Gasteiger partial charge in [-0.15, -0.1) is 11.8 Å². The average molecular weight is 291 g/mol. The summed E-state index contributed by atoms with van der Waals surface area (Å²) in [6, 6.07) is 0. The van der Waals surface area contributed by atoms with Crippen LogP contribution >= 0.6 is 44.6 Å². The van der Waals surface area contributed by atoms with Gasteiger partial charge in [0.2, 0.25) is 0 Å². The van der Waals surface area contributed by atoms with Gasteiger partial charge in [0, 0.05) is 4.91 Å². The van der Waals surface area contributed by atoms with Crippen LogP contribution in [0, 0.1) is 5.41 Å². The molecular formula is C10H13NOS4. The molecule has 0 aromatic rings. The molecular weight excluding hydrogens is 278 g/mol. The summed E-state index contributed by atoms with van der Waals surface area (Å²) < 4.78 is 6.24. The molecule has 0 saturated carbocycles. The normalized spacial score (nSPS) is 23.8. The lowest BCUT2D eigenvalue weighted by Gasteiger charge is -2.19. The molecule has 0 radical (unpaired) electrons. The molecule has 0 aromatic carbocycles. The standard InChI is InChI=1S/C10H13NOS4/c1-10(2,3)7-5-6-8(9(13)14-4)11-12-16(6)15-7/h5H,1-4H3. The molecule has 0 N–H and O–H groups in total. The first-order valence-corrected chi connectivity index (χ1v) is 8.91. The van der Waals surface area contributed by atoms with Crippen LogP contribution in [0.4, 0.5) is 0 Å². The number of hydrogen-bond acceptors (Lipinski definition) is 5. The van der Waals surface area contributed by atoms with E-state index in [-0.39, 0.29) is 15.2 Å². The minimum Gasteiger partial charge on any atom is -0.319 e. The van der Waals surface area contributed by atoms with Gasteiger partial charge in [0.15, 0.2) is 0 Å². The van der Waals surface area contributed by atoms with Crippen LogP contribution in [0.5, 0.6) is 0 Å². The maximum atomic E-state index is 5.43. The van der Waals surface area contributed by atoms with Crippen LogP contribution in [-0.4, -0.2) is 21.0 Å². The number of hydrogen-bond donors (Lipinski definition) is 0. The fourth-order valence-corrected chi connectivity index (χ4v) is 5.55. The molecule has 2 aliphatic rings. The molecule has 1 unspecified atom stereocenters. The van der Waals surface area contributed by atoms with Crippen LogP contribution in [0.3, 0.4) is 0 Å². The van der Waals surface area contributed by atoms with Crippen LogP contribution in [0.15, 0.2) is 16.1 Å². The van der Waals surface area contributed by atoms with Crippen molar-refractivity contribution in [3.8, 4) is 0 Å². The molecule has 2 aliphatic heterocycles. The van der Waals surface area contributed by atoms with Crippen molar-refractivity contribution in [2.75, 3.05) is 6.26 Å². The van der Waals surface area contributed by atoms with E-state index in [9.17, 15) is 0 Å². The predicted octanol–water partition coefficient (Wildman–Crippen LogP) is 4.01. The summed E-state index contributed by atoms with van der Waals surface area (Å²) in [5, 5.41) is 4.07. The lowest BCUT2D eigenvalue weighted by atomic mass is 9.95. The zero-order chi connectivity index (χ0) is 11.9. The monoisotopic (exact) mass is 291 g/mol. The third-order valence-electron chi connectivity index (χ3n) is 2.15. The Balaban J connectivity index is 2.27. The number of allylic oxidation sites excluding steroid dienone is 2. The molecule has 16 heavy (non-hydrogen) atoms. The van der Waals surface area contributed by atoms with Crippen molar-refractivity contribution in [3.63, 3.8) is 0 Å². The summed E-state index contributed by atoms with van der Waals surface area (Å²) in [5.74, 6) is 0. The van der Waals surface area contributed by atoms with Crippen molar-refractivity contribution in [3.05, 3.63) is 11.0 Å². The molecule has 0 bridgehead atoms. The summed E-state index contributed by atoms with van der Waals surface area (Å²) >= 11 is 6.81. The molecule has 0 aliphatic carbocycles. The van der Waals surface area contributed by atoms with Gasteiger partial charge in [-0.1, -0.05) is 38.1 Å². The van der Waals surface area contributed by atoms with E-state index >= 15 is 0 Å². The van der Waals surface area contributed by atoms with E-state index in [2.05, 4.69) is 32.0 Å². The number of oxime groups is 1. The lowest BCUT2D eigenvalue weighted by Crippen LogP contribution is -2.15. The van der Waals surface area contributed by atoms with Crippen molar-refractivity contribution < 1.29 is 4.28 Å². The number of rotatable bonds is 1. The summed E-state index contributed by atoms with van der Waals surface area (Å²) in [6.07, 6.45) is 4.17. The highest BCUT2D eigenvalue weighted by molar-refractivity contribution is 8.84. The molecule has 0 fully saturated rings. The van der Waals surface area contributed by atoms with E-state index in [0.717, 1.165) is 14.8 Å². The van der Waals surface area contributed by atoms with Crippen molar-refractivity contribution >= 4 is 59.3 Å². The van der Waals surface area contributed by atoms with E-state index in [1.54, 1.807) is 22.6 Å². The minimum atomic E-state index is -0.261. The first kappa shape index (κ1) is 12.7. The van der Waals surface area contributed by atoms with Gasteiger partial charge in [0.25, 0.3) is 0 Å². The van der Waals surface area contributed by atoms with Gasteiger partial charge < -0.3 is 4.28 Å². The first-order valence-electron chi connectivity index (χ1n) is 4.79. The quantitative estimate of drug-likeness (QED) is 0.537. The Labute approximate surface area is 112 Å². The molecule has 2 nitrogen and oxygen atoms in total. The van der Waals surface area contributed by atoms with Gasteiger partial charge in [-0.3, -0.25) is 0 Å². The Morgan fingerprint density at radius 3 is 2.81 bits per heavy atom. The van der Waals surface area contributed by atoms with E-state index in [0.29, 0.717) is 0 Å². The minimum absolute atomic E-state index is 0.171. The van der Waals surface area contributed by atoms with Crippen molar-refractivity contribution in [2.45, 2.75) is 20.8 Å². The van der Waals surface area contributed by atoms with Gasteiger partial charge in [0.1, 0.15) is 9.91 Å². The number of nitrogens with zero attached hydrogens (tertiary/aromatic N) is 1. The Morgan fingerprint density at radius 1 is 1.56 bits per heavy atom. The van der Waals surface area contributed by atoms with Gasteiger partial charge in [-0.05, 0) is 28.5 Å². The molecule has 88 valence electrons. The van der Waals surface area contributed by atoms with Crippen LogP contribution in [0.2, 0.25) is 0 Å². The van der Waals surface area contributed by atoms with Crippen molar-refractivity contribution in [1.29, 1.82) is 0 Å². The Kier molecular flexibility index (Phi) is 3.55. The zero-order valence-corrected chi connectivity index (χ0v) is 12.8. The largest absolute Gasteiger partial charge is 0.319 e.